The fourth-order valence-corrected chi connectivity index (χ4v) is 4.64. The van der Waals surface area contributed by atoms with Gasteiger partial charge < -0.3 is 5.32 Å². The van der Waals surface area contributed by atoms with Gasteiger partial charge in [-0.1, -0.05) is 19.9 Å². The first-order chi connectivity index (χ1) is 12.5. The zero-order valence-electron chi connectivity index (χ0n) is 14.8. The number of nitrogens with one attached hydrogen (secondary N) is 2. The van der Waals surface area contributed by atoms with Crippen LogP contribution in [0.25, 0.3) is 11.4 Å². The van der Waals surface area contributed by atoms with Gasteiger partial charge in [0.15, 0.2) is 5.82 Å². The van der Waals surface area contributed by atoms with Crippen LogP contribution in [0.3, 0.4) is 0 Å². The molecule has 4 rings (SSSR count). The van der Waals surface area contributed by atoms with Crippen molar-refractivity contribution in [2.24, 2.45) is 5.41 Å². The van der Waals surface area contributed by atoms with E-state index in [4.69, 9.17) is 0 Å². The number of H-pyrrole nitrogens is 1. The number of aromatic nitrogens is 4. The molecule has 6 nitrogen and oxygen atoms in total. The second-order valence-corrected chi connectivity index (χ2v) is 8.24. The van der Waals surface area contributed by atoms with Gasteiger partial charge in [0.2, 0.25) is 5.91 Å². The number of amides is 1. The van der Waals surface area contributed by atoms with Gasteiger partial charge in [0.25, 0.3) is 0 Å². The van der Waals surface area contributed by atoms with Gasteiger partial charge in [-0.3, -0.25) is 14.9 Å². The van der Waals surface area contributed by atoms with Crippen molar-refractivity contribution in [3.8, 4) is 11.4 Å². The Kier molecular flexibility index (Phi) is 4.11. The molecule has 1 aliphatic rings. The monoisotopic (exact) mass is 367 g/mol. The van der Waals surface area contributed by atoms with Gasteiger partial charge in [0.1, 0.15) is 5.82 Å². The van der Waals surface area contributed by atoms with Gasteiger partial charge in [-0.2, -0.15) is 5.10 Å². The highest BCUT2D eigenvalue weighted by Crippen LogP contribution is 2.65. The predicted octanol–water partition coefficient (Wildman–Crippen LogP) is 2.95. The van der Waals surface area contributed by atoms with Crippen LogP contribution in [0, 0.1) is 5.41 Å². The normalized spacial score (nSPS) is 20.7. The fourth-order valence-electron chi connectivity index (χ4n) is 3.54. The molecule has 0 aromatic carbocycles. The van der Waals surface area contributed by atoms with Gasteiger partial charge in [0, 0.05) is 35.8 Å². The maximum absolute atomic E-state index is 12.9. The molecule has 3 aromatic rings. The van der Waals surface area contributed by atoms with Crippen molar-refractivity contribution in [2.45, 2.75) is 32.1 Å². The Morgan fingerprint density at radius 2 is 2.19 bits per heavy atom. The smallest absolute Gasteiger partial charge is 0.232 e. The number of pyridine rings is 1. The first-order valence-electron chi connectivity index (χ1n) is 8.67. The minimum atomic E-state index is -0.385. The summed E-state index contributed by atoms with van der Waals surface area (Å²) < 4.78 is 0. The average molecular weight is 367 g/mol. The molecular weight excluding hydrogens is 346 g/mol. The zero-order valence-corrected chi connectivity index (χ0v) is 15.6. The fraction of sp³-hybridized carbons (Fsp3) is 0.368. The first-order valence-corrected chi connectivity index (χ1v) is 9.55. The summed E-state index contributed by atoms with van der Waals surface area (Å²) in [5, 5.41) is 12.3. The Hall–Kier alpha value is -2.54. The lowest BCUT2D eigenvalue weighted by Crippen LogP contribution is -2.38. The number of thiophene rings is 1. The van der Waals surface area contributed by atoms with Crippen LogP contribution in [-0.4, -0.2) is 32.6 Å². The minimum Gasteiger partial charge on any atom is -0.355 e. The maximum Gasteiger partial charge on any atom is 0.232 e. The molecule has 7 heteroatoms. The number of hydrogen-bond donors (Lipinski definition) is 2. The van der Waals surface area contributed by atoms with Crippen LogP contribution >= 0.6 is 11.3 Å². The molecule has 3 heterocycles. The van der Waals surface area contributed by atoms with E-state index < -0.39 is 0 Å². The third-order valence-corrected chi connectivity index (χ3v) is 6.20. The molecule has 26 heavy (non-hydrogen) atoms. The van der Waals surface area contributed by atoms with E-state index in [0.717, 1.165) is 22.7 Å². The molecule has 0 saturated heterocycles. The third kappa shape index (κ3) is 2.82. The number of rotatable bonds is 6. The predicted molar refractivity (Wildman–Crippen MR) is 101 cm³/mol. The highest BCUT2D eigenvalue weighted by Gasteiger charge is 2.67. The topological polar surface area (TPSA) is 83.6 Å². The highest BCUT2D eigenvalue weighted by atomic mass is 32.1. The molecule has 0 radical (unpaired) electrons. The van der Waals surface area contributed by atoms with Crippen molar-refractivity contribution < 1.29 is 4.79 Å². The summed E-state index contributed by atoms with van der Waals surface area (Å²) in [5.41, 5.74) is 0.487. The van der Waals surface area contributed by atoms with Crippen molar-refractivity contribution in [3.05, 3.63) is 52.7 Å². The molecule has 1 saturated carbocycles. The third-order valence-electron chi connectivity index (χ3n) is 5.17. The molecule has 134 valence electrons. The largest absolute Gasteiger partial charge is 0.355 e. The van der Waals surface area contributed by atoms with E-state index in [-0.39, 0.29) is 16.7 Å². The summed E-state index contributed by atoms with van der Waals surface area (Å²) in [4.78, 5) is 22.6. The number of aromatic amines is 1. The number of carbonyl (C=O) groups is 1. The molecule has 2 N–H and O–H groups in total. The van der Waals surface area contributed by atoms with E-state index in [2.05, 4.69) is 45.4 Å². The molecular formula is C19H21N5OS. The lowest BCUT2D eigenvalue weighted by atomic mass is 9.93. The van der Waals surface area contributed by atoms with Gasteiger partial charge in [-0.15, -0.1) is 11.3 Å². The molecule has 0 spiro atoms. The first kappa shape index (κ1) is 16.9. The van der Waals surface area contributed by atoms with Crippen molar-refractivity contribution >= 4 is 17.2 Å². The van der Waals surface area contributed by atoms with Crippen LogP contribution in [0.2, 0.25) is 0 Å². The van der Waals surface area contributed by atoms with Crippen LogP contribution in [0.4, 0.5) is 0 Å². The standard InChI is InChI=1S/C19H21N5OS/c1-18(2)12-19(18,14-6-4-10-26-14)17(25)21-9-7-15-22-16(24-23-15)13-5-3-8-20-11-13/h3-6,8,10-11H,7,9,12H2,1-2H3,(H,21,25)(H,22,23,24)/t19-/m1/s1. The van der Waals surface area contributed by atoms with Gasteiger partial charge in [-0.05, 0) is 35.4 Å². The number of hydrogen-bond acceptors (Lipinski definition) is 5. The van der Waals surface area contributed by atoms with Gasteiger partial charge >= 0.3 is 0 Å². The van der Waals surface area contributed by atoms with Crippen molar-refractivity contribution in [1.29, 1.82) is 0 Å². The second-order valence-electron chi connectivity index (χ2n) is 7.30. The summed E-state index contributed by atoms with van der Waals surface area (Å²) in [6, 6.07) is 7.85. The molecule has 1 aliphatic carbocycles. The summed E-state index contributed by atoms with van der Waals surface area (Å²) in [7, 11) is 0. The van der Waals surface area contributed by atoms with Crippen molar-refractivity contribution in [3.63, 3.8) is 0 Å². The molecule has 3 aromatic heterocycles. The second kappa shape index (κ2) is 6.32. The lowest BCUT2D eigenvalue weighted by molar-refractivity contribution is -0.124. The molecule has 1 amide bonds. The van der Waals surface area contributed by atoms with E-state index in [1.807, 2.05) is 23.6 Å². The molecule has 1 fully saturated rings. The molecule has 0 unspecified atom stereocenters. The number of nitrogens with zero attached hydrogens (tertiary/aromatic N) is 3. The zero-order chi connectivity index (χ0) is 18.2. The SMILES string of the molecule is CC1(C)C[C@]1(C(=O)NCCc1nc(-c2cccnc2)n[nH]1)c1cccs1. The van der Waals surface area contributed by atoms with Crippen LogP contribution < -0.4 is 5.32 Å². The maximum atomic E-state index is 12.9. The summed E-state index contributed by atoms with van der Waals surface area (Å²) >= 11 is 1.66. The summed E-state index contributed by atoms with van der Waals surface area (Å²) in [5.74, 6) is 1.49. The summed E-state index contributed by atoms with van der Waals surface area (Å²) in [6.07, 6.45) is 4.95. The quantitative estimate of drug-likeness (QED) is 0.702. The van der Waals surface area contributed by atoms with Gasteiger partial charge in [0.05, 0.1) is 5.41 Å². The molecule has 1 atom stereocenters. The van der Waals surface area contributed by atoms with Crippen molar-refractivity contribution in [2.75, 3.05) is 6.54 Å². The van der Waals surface area contributed by atoms with Crippen LogP contribution in [0.5, 0.6) is 0 Å². The Morgan fingerprint density at radius 3 is 2.85 bits per heavy atom. The molecule has 0 aliphatic heterocycles. The van der Waals surface area contributed by atoms with E-state index in [0.29, 0.717) is 18.8 Å². The van der Waals surface area contributed by atoms with Gasteiger partial charge in [-0.25, -0.2) is 4.98 Å². The van der Waals surface area contributed by atoms with E-state index >= 15 is 0 Å². The van der Waals surface area contributed by atoms with E-state index in [1.54, 1.807) is 23.7 Å². The number of carbonyl (C=O) groups excluding carboxylic acids is 1. The van der Waals surface area contributed by atoms with Crippen LogP contribution in [0.15, 0.2) is 42.0 Å². The van der Waals surface area contributed by atoms with E-state index in [9.17, 15) is 4.79 Å². The Morgan fingerprint density at radius 1 is 1.35 bits per heavy atom. The van der Waals surface area contributed by atoms with Crippen molar-refractivity contribution in [1.82, 2.24) is 25.5 Å². The Bertz CT molecular complexity index is 903. The van der Waals surface area contributed by atoms with E-state index in [1.165, 1.54) is 0 Å². The lowest BCUT2D eigenvalue weighted by Gasteiger charge is -2.18. The minimum absolute atomic E-state index is 0.00164. The molecule has 0 bridgehead atoms. The van der Waals surface area contributed by atoms with Crippen LogP contribution in [-0.2, 0) is 16.6 Å². The average Bonchev–Trinajstić information content (AvgIpc) is 3.09. The summed E-state index contributed by atoms with van der Waals surface area (Å²) in [6.45, 7) is 4.84. The Balaban J connectivity index is 1.38. The Labute approximate surface area is 156 Å². The highest BCUT2D eigenvalue weighted by molar-refractivity contribution is 7.10. The van der Waals surface area contributed by atoms with Crippen LogP contribution in [0.1, 0.15) is 31.0 Å².